The van der Waals surface area contributed by atoms with Crippen molar-refractivity contribution in [1.29, 1.82) is 0 Å². The highest BCUT2D eigenvalue weighted by Crippen LogP contribution is 2.15. The molecule has 0 aliphatic heterocycles. The Morgan fingerprint density at radius 3 is 2.55 bits per heavy atom. The minimum atomic E-state index is -0.478. The first kappa shape index (κ1) is 15.8. The summed E-state index contributed by atoms with van der Waals surface area (Å²) in [7, 11) is 1.62. The number of nitrogens with one attached hydrogen (secondary N) is 1. The van der Waals surface area contributed by atoms with E-state index < -0.39 is 5.82 Å². The van der Waals surface area contributed by atoms with Crippen molar-refractivity contribution in [1.82, 2.24) is 5.32 Å². The van der Waals surface area contributed by atoms with Gasteiger partial charge in [-0.1, -0.05) is 24.3 Å². The van der Waals surface area contributed by atoms with Gasteiger partial charge in [-0.25, -0.2) is 4.39 Å². The molecule has 0 unspecified atom stereocenters. The fourth-order valence-electron chi connectivity index (χ4n) is 1.89. The lowest BCUT2D eigenvalue weighted by Crippen LogP contribution is -2.30. The molecule has 0 bridgehead atoms. The van der Waals surface area contributed by atoms with Crippen molar-refractivity contribution in [3.63, 3.8) is 0 Å². The second-order valence-electron chi connectivity index (χ2n) is 4.67. The van der Waals surface area contributed by atoms with Crippen LogP contribution in [0.3, 0.4) is 0 Å². The van der Waals surface area contributed by atoms with E-state index in [-0.39, 0.29) is 18.3 Å². The van der Waals surface area contributed by atoms with Crippen LogP contribution >= 0.6 is 0 Å². The maximum atomic E-state index is 13.3. The summed E-state index contributed by atoms with van der Waals surface area (Å²) in [6, 6.07) is 13.6. The average molecular weight is 303 g/mol. The predicted molar refractivity (Wildman–Crippen MR) is 81.6 cm³/mol. The molecule has 2 aromatic rings. The maximum absolute atomic E-state index is 13.3. The second-order valence-corrected chi connectivity index (χ2v) is 4.67. The van der Waals surface area contributed by atoms with Gasteiger partial charge in [-0.3, -0.25) is 4.79 Å². The van der Waals surface area contributed by atoms with Crippen LogP contribution in [0.4, 0.5) is 4.39 Å². The molecule has 0 heterocycles. The molecule has 4 nitrogen and oxygen atoms in total. The second kappa shape index (κ2) is 8.02. The summed E-state index contributed by atoms with van der Waals surface area (Å²) < 4.78 is 23.5. The number of ether oxygens (including phenoxy) is 2. The Balaban J connectivity index is 1.70. The number of rotatable bonds is 7. The monoisotopic (exact) mass is 303 g/mol. The molecule has 0 aromatic heterocycles. The van der Waals surface area contributed by atoms with Crippen LogP contribution in [-0.2, 0) is 11.2 Å². The third-order valence-corrected chi connectivity index (χ3v) is 3.09. The van der Waals surface area contributed by atoms with Crippen molar-refractivity contribution in [2.24, 2.45) is 0 Å². The number of amides is 1. The van der Waals surface area contributed by atoms with E-state index in [2.05, 4.69) is 5.32 Å². The molecule has 0 saturated heterocycles. The van der Waals surface area contributed by atoms with Gasteiger partial charge in [0.2, 0.25) is 0 Å². The molecular weight excluding hydrogens is 285 g/mol. The Morgan fingerprint density at radius 1 is 1.14 bits per heavy atom. The Bertz CT molecular complexity index is 614. The van der Waals surface area contributed by atoms with E-state index in [4.69, 9.17) is 9.47 Å². The molecule has 0 spiro atoms. The van der Waals surface area contributed by atoms with Crippen LogP contribution in [0.5, 0.6) is 11.5 Å². The Labute approximate surface area is 128 Å². The van der Waals surface area contributed by atoms with E-state index in [0.29, 0.717) is 13.0 Å². The van der Waals surface area contributed by atoms with Gasteiger partial charge in [0.15, 0.2) is 18.2 Å². The van der Waals surface area contributed by atoms with Gasteiger partial charge in [0.1, 0.15) is 5.75 Å². The Morgan fingerprint density at radius 2 is 1.86 bits per heavy atom. The van der Waals surface area contributed by atoms with Crippen molar-refractivity contribution >= 4 is 5.91 Å². The molecule has 0 atom stereocenters. The predicted octanol–water partition coefficient (Wildman–Crippen LogP) is 2.57. The number of methoxy groups -OCH3 is 1. The minimum absolute atomic E-state index is 0.0767. The van der Waals surface area contributed by atoms with Crippen LogP contribution in [0.2, 0.25) is 0 Å². The topological polar surface area (TPSA) is 47.6 Å². The van der Waals surface area contributed by atoms with E-state index in [9.17, 15) is 9.18 Å². The first-order chi connectivity index (χ1) is 10.7. The van der Waals surface area contributed by atoms with E-state index >= 15 is 0 Å². The molecule has 22 heavy (non-hydrogen) atoms. The van der Waals surface area contributed by atoms with Gasteiger partial charge in [-0.05, 0) is 36.2 Å². The van der Waals surface area contributed by atoms with Gasteiger partial charge in [-0.2, -0.15) is 0 Å². The van der Waals surface area contributed by atoms with Gasteiger partial charge in [0, 0.05) is 6.54 Å². The zero-order chi connectivity index (χ0) is 15.8. The van der Waals surface area contributed by atoms with Gasteiger partial charge < -0.3 is 14.8 Å². The lowest BCUT2D eigenvalue weighted by atomic mass is 10.1. The number of hydrogen-bond acceptors (Lipinski definition) is 3. The van der Waals surface area contributed by atoms with Crippen LogP contribution in [0, 0.1) is 5.82 Å². The smallest absolute Gasteiger partial charge is 0.257 e. The Hall–Kier alpha value is -2.56. The lowest BCUT2D eigenvalue weighted by molar-refractivity contribution is -0.123. The number of carbonyl (C=O) groups is 1. The minimum Gasteiger partial charge on any atom is -0.497 e. The van der Waals surface area contributed by atoms with Crippen molar-refractivity contribution < 1.29 is 18.7 Å². The maximum Gasteiger partial charge on any atom is 0.257 e. The van der Waals surface area contributed by atoms with Crippen LogP contribution in [-0.4, -0.2) is 26.2 Å². The van der Waals surface area contributed by atoms with Gasteiger partial charge in [-0.15, -0.1) is 0 Å². The summed E-state index contributed by atoms with van der Waals surface area (Å²) >= 11 is 0. The summed E-state index contributed by atoms with van der Waals surface area (Å²) in [4.78, 5) is 11.6. The quantitative estimate of drug-likeness (QED) is 0.855. The van der Waals surface area contributed by atoms with Crippen LogP contribution in [0.15, 0.2) is 48.5 Å². The number of para-hydroxylation sites is 1. The first-order valence-electron chi connectivity index (χ1n) is 6.96. The fraction of sp³-hybridized carbons (Fsp3) is 0.235. The molecule has 1 N–H and O–H groups in total. The molecule has 0 aliphatic carbocycles. The van der Waals surface area contributed by atoms with Crippen molar-refractivity contribution in [2.75, 3.05) is 20.3 Å². The van der Waals surface area contributed by atoms with E-state index in [1.807, 2.05) is 24.3 Å². The number of halogens is 1. The molecule has 2 aromatic carbocycles. The molecule has 5 heteroatoms. The zero-order valence-electron chi connectivity index (χ0n) is 12.3. The normalized spacial score (nSPS) is 10.1. The molecule has 0 aliphatic rings. The van der Waals surface area contributed by atoms with Crippen LogP contribution in [0.25, 0.3) is 0 Å². The highest BCUT2D eigenvalue weighted by molar-refractivity contribution is 5.77. The fourth-order valence-corrected chi connectivity index (χ4v) is 1.89. The van der Waals surface area contributed by atoms with Crippen LogP contribution in [0.1, 0.15) is 5.56 Å². The molecule has 116 valence electrons. The van der Waals surface area contributed by atoms with E-state index in [0.717, 1.165) is 11.3 Å². The summed E-state index contributed by atoms with van der Waals surface area (Å²) in [6.07, 6.45) is 0.704. The summed E-state index contributed by atoms with van der Waals surface area (Å²) in [6.45, 7) is 0.287. The number of benzene rings is 2. The van der Waals surface area contributed by atoms with E-state index in [1.165, 1.54) is 12.1 Å². The van der Waals surface area contributed by atoms with Crippen LogP contribution < -0.4 is 14.8 Å². The SMILES string of the molecule is COc1ccc(CCNC(=O)COc2ccccc2F)cc1. The zero-order valence-corrected chi connectivity index (χ0v) is 12.3. The molecule has 0 fully saturated rings. The number of hydrogen-bond donors (Lipinski definition) is 1. The molecule has 0 saturated carbocycles. The van der Waals surface area contributed by atoms with Gasteiger partial charge in [0.05, 0.1) is 7.11 Å². The molecule has 2 rings (SSSR count). The average Bonchev–Trinajstić information content (AvgIpc) is 2.55. The standard InChI is InChI=1S/C17H18FNO3/c1-21-14-8-6-13(7-9-14)10-11-19-17(20)12-22-16-5-3-2-4-15(16)18/h2-9H,10-12H2,1H3,(H,19,20). The Kier molecular flexibility index (Phi) is 5.77. The molecule has 1 amide bonds. The third kappa shape index (κ3) is 4.77. The summed E-state index contributed by atoms with van der Waals surface area (Å²) in [5.74, 6) is 0.115. The first-order valence-corrected chi connectivity index (χ1v) is 6.96. The van der Waals surface area contributed by atoms with Crippen molar-refractivity contribution in [2.45, 2.75) is 6.42 Å². The lowest BCUT2D eigenvalue weighted by Gasteiger charge is -2.08. The molecule has 0 radical (unpaired) electrons. The van der Waals surface area contributed by atoms with Crippen molar-refractivity contribution in [3.8, 4) is 11.5 Å². The highest BCUT2D eigenvalue weighted by atomic mass is 19.1. The van der Waals surface area contributed by atoms with Gasteiger partial charge >= 0.3 is 0 Å². The van der Waals surface area contributed by atoms with Gasteiger partial charge in [0.25, 0.3) is 5.91 Å². The van der Waals surface area contributed by atoms with E-state index in [1.54, 1.807) is 19.2 Å². The third-order valence-electron chi connectivity index (χ3n) is 3.09. The summed E-state index contributed by atoms with van der Waals surface area (Å²) in [5, 5.41) is 2.73. The van der Waals surface area contributed by atoms with Crippen molar-refractivity contribution in [3.05, 3.63) is 59.9 Å². The number of carbonyl (C=O) groups excluding carboxylic acids is 1. The highest BCUT2D eigenvalue weighted by Gasteiger charge is 2.05. The molecular formula is C17H18FNO3. The largest absolute Gasteiger partial charge is 0.497 e. The summed E-state index contributed by atoms with van der Waals surface area (Å²) in [5.41, 5.74) is 1.09.